The summed E-state index contributed by atoms with van der Waals surface area (Å²) in [5, 5.41) is 20.2. The van der Waals surface area contributed by atoms with Crippen molar-refractivity contribution in [1.29, 1.82) is 0 Å². The van der Waals surface area contributed by atoms with Crippen LogP contribution in [0.3, 0.4) is 0 Å². The third kappa shape index (κ3) is 4.47. The molecule has 0 aromatic heterocycles. The molecule has 0 saturated heterocycles. The fourth-order valence-corrected chi connectivity index (χ4v) is 1.72. The van der Waals surface area contributed by atoms with E-state index in [0.29, 0.717) is 24.5 Å². The Morgan fingerprint density at radius 1 is 1.00 bits per heavy atom. The van der Waals surface area contributed by atoms with E-state index in [1.54, 1.807) is 45.2 Å². The van der Waals surface area contributed by atoms with E-state index >= 15 is 0 Å². The Morgan fingerprint density at radius 2 is 1.53 bits per heavy atom. The van der Waals surface area contributed by atoms with E-state index in [1.807, 2.05) is 0 Å². The Kier molecular flexibility index (Phi) is 6.80. The van der Waals surface area contributed by atoms with E-state index in [1.165, 1.54) is 0 Å². The fraction of sp³-hybridized carbons (Fsp3) is 0.571. The van der Waals surface area contributed by atoms with Crippen molar-refractivity contribution >= 4 is 0 Å². The molecule has 108 valence electrons. The lowest BCUT2D eigenvalue weighted by atomic mass is 10.0. The molecule has 0 aliphatic carbocycles. The average molecular weight is 270 g/mol. The van der Waals surface area contributed by atoms with E-state index in [9.17, 15) is 10.2 Å². The van der Waals surface area contributed by atoms with Crippen molar-refractivity contribution in [2.24, 2.45) is 0 Å². The smallest absolute Gasteiger partial charge is 0.186 e. The zero-order valence-corrected chi connectivity index (χ0v) is 11.6. The van der Waals surface area contributed by atoms with Gasteiger partial charge in [0.15, 0.2) is 6.29 Å². The van der Waals surface area contributed by atoms with Gasteiger partial charge in [-0.05, 0) is 31.5 Å². The minimum Gasteiger partial charge on any atom is -0.497 e. The first-order valence-electron chi connectivity index (χ1n) is 6.37. The quantitative estimate of drug-likeness (QED) is 0.700. The monoisotopic (exact) mass is 270 g/mol. The predicted octanol–water partition coefficient (Wildman–Crippen LogP) is 1.49. The molecule has 19 heavy (non-hydrogen) atoms. The molecule has 5 nitrogen and oxygen atoms in total. The third-order valence-corrected chi connectivity index (χ3v) is 2.72. The molecule has 1 aromatic carbocycles. The highest BCUT2D eigenvalue weighted by Gasteiger charge is 2.28. The summed E-state index contributed by atoms with van der Waals surface area (Å²) in [5.41, 5.74) is 0.581. The maximum Gasteiger partial charge on any atom is 0.186 e. The minimum absolute atomic E-state index is 0.400. The van der Waals surface area contributed by atoms with Crippen LogP contribution in [0.2, 0.25) is 0 Å². The van der Waals surface area contributed by atoms with Crippen LogP contribution < -0.4 is 4.74 Å². The van der Waals surface area contributed by atoms with Crippen molar-refractivity contribution in [3.63, 3.8) is 0 Å². The first-order valence-corrected chi connectivity index (χ1v) is 6.37. The van der Waals surface area contributed by atoms with Gasteiger partial charge >= 0.3 is 0 Å². The Morgan fingerprint density at radius 3 is 1.95 bits per heavy atom. The van der Waals surface area contributed by atoms with Crippen LogP contribution in [0.25, 0.3) is 0 Å². The number of aliphatic hydroxyl groups is 2. The number of rotatable bonds is 8. The molecule has 0 bridgehead atoms. The van der Waals surface area contributed by atoms with Gasteiger partial charge < -0.3 is 24.4 Å². The number of hydrogen-bond acceptors (Lipinski definition) is 5. The van der Waals surface area contributed by atoms with Crippen molar-refractivity contribution < 1.29 is 24.4 Å². The Hall–Kier alpha value is -1.14. The van der Waals surface area contributed by atoms with Crippen LogP contribution in [-0.4, -0.2) is 42.9 Å². The lowest BCUT2D eigenvalue weighted by molar-refractivity contribution is -0.212. The molecule has 0 fully saturated rings. The molecule has 0 radical (unpaired) electrons. The van der Waals surface area contributed by atoms with Gasteiger partial charge in [0.25, 0.3) is 0 Å². The second-order valence-electron chi connectivity index (χ2n) is 3.99. The van der Waals surface area contributed by atoms with Gasteiger partial charge in [0.05, 0.1) is 7.11 Å². The largest absolute Gasteiger partial charge is 0.497 e. The molecule has 0 heterocycles. The number of benzene rings is 1. The highest BCUT2D eigenvalue weighted by Crippen LogP contribution is 2.23. The maximum absolute atomic E-state index is 10.1. The molecule has 0 spiro atoms. The maximum atomic E-state index is 10.1. The van der Waals surface area contributed by atoms with Crippen LogP contribution >= 0.6 is 0 Å². The highest BCUT2D eigenvalue weighted by atomic mass is 16.7. The fourth-order valence-electron chi connectivity index (χ4n) is 1.72. The minimum atomic E-state index is -1.15. The van der Waals surface area contributed by atoms with E-state index in [-0.39, 0.29) is 0 Å². The van der Waals surface area contributed by atoms with Crippen molar-refractivity contribution in [2.75, 3.05) is 20.3 Å². The van der Waals surface area contributed by atoms with Gasteiger partial charge in [0.2, 0.25) is 0 Å². The van der Waals surface area contributed by atoms with Crippen molar-refractivity contribution in [3.05, 3.63) is 29.8 Å². The first kappa shape index (κ1) is 15.9. The molecule has 0 unspecified atom stereocenters. The predicted molar refractivity (Wildman–Crippen MR) is 71.0 cm³/mol. The van der Waals surface area contributed by atoms with Gasteiger partial charge in [-0.15, -0.1) is 0 Å². The van der Waals surface area contributed by atoms with Gasteiger partial charge in [-0.3, -0.25) is 0 Å². The summed E-state index contributed by atoms with van der Waals surface area (Å²) < 4.78 is 15.6. The molecule has 0 aliphatic heterocycles. The van der Waals surface area contributed by atoms with Gasteiger partial charge in [-0.1, -0.05) is 12.1 Å². The van der Waals surface area contributed by atoms with Crippen LogP contribution in [0, 0.1) is 0 Å². The number of ether oxygens (including phenoxy) is 3. The molecule has 5 heteroatoms. The summed E-state index contributed by atoms with van der Waals surface area (Å²) >= 11 is 0. The standard InChI is InChI=1S/C14H22O5/c1-4-18-14(19-5-2)13(16)12(15)10-6-8-11(17-3)9-7-10/h6-9,12-16H,4-5H2,1-3H3/t12-,13+/m1/s1. The van der Waals surface area contributed by atoms with Gasteiger partial charge in [-0.2, -0.15) is 0 Å². The summed E-state index contributed by atoms with van der Waals surface area (Å²) in [6.45, 7) is 4.41. The second-order valence-corrected chi connectivity index (χ2v) is 3.99. The van der Waals surface area contributed by atoms with Gasteiger partial charge in [0, 0.05) is 13.2 Å². The number of hydrogen-bond donors (Lipinski definition) is 2. The van der Waals surface area contributed by atoms with Crippen molar-refractivity contribution in [1.82, 2.24) is 0 Å². The molecular weight excluding hydrogens is 248 g/mol. The number of methoxy groups -OCH3 is 1. The van der Waals surface area contributed by atoms with Crippen molar-refractivity contribution in [3.8, 4) is 5.75 Å². The molecule has 2 N–H and O–H groups in total. The van der Waals surface area contributed by atoms with Crippen LogP contribution in [0.4, 0.5) is 0 Å². The van der Waals surface area contributed by atoms with Crippen molar-refractivity contribution in [2.45, 2.75) is 32.3 Å². The third-order valence-electron chi connectivity index (χ3n) is 2.72. The summed E-state index contributed by atoms with van der Waals surface area (Å²) in [5.74, 6) is 0.691. The number of aliphatic hydroxyl groups excluding tert-OH is 2. The summed E-state index contributed by atoms with van der Waals surface area (Å²) in [4.78, 5) is 0. The highest BCUT2D eigenvalue weighted by molar-refractivity contribution is 5.28. The molecule has 1 aromatic rings. The Bertz CT molecular complexity index is 345. The van der Waals surface area contributed by atoms with Crippen LogP contribution in [-0.2, 0) is 9.47 Å². The zero-order valence-electron chi connectivity index (χ0n) is 11.6. The lowest BCUT2D eigenvalue weighted by Crippen LogP contribution is -2.36. The van der Waals surface area contributed by atoms with E-state index < -0.39 is 18.5 Å². The normalized spacial score (nSPS) is 14.4. The average Bonchev–Trinajstić information content (AvgIpc) is 2.45. The second kappa shape index (κ2) is 8.12. The topological polar surface area (TPSA) is 68.2 Å². The summed E-state index contributed by atoms with van der Waals surface area (Å²) in [6.07, 6.45) is -3.06. The summed E-state index contributed by atoms with van der Waals surface area (Å²) in [7, 11) is 1.57. The van der Waals surface area contributed by atoms with Gasteiger partial charge in [-0.25, -0.2) is 0 Å². The van der Waals surface area contributed by atoms with Gasteiger partial charge in [0.1, 0.15) is 18.0 Å². The lowest BCUT2D eigenvalue weighted by Gasteiger charge is -2.26. The zero-order chi connectivity index (χ0) is 14.3. The molecule has 0 aliphatic rings. The first-order chi connectivity index (χ1) is 9.13. The molecule has 0 saturated carbocycles. The summed E-state index contributed by atoms with van der Waals surface area (Å²) in [6, 6.07) is 6.84. The SMILES string of the molecule is CCOC(OCC)[C@@H](O)[C@H](O)c1ccc(OC)cc1. The van der Waals surface area contributed by atoms with Crippen LogP contribution in [0.1, 0.15) is 25.5 Å². The molecule has 2 atom stereocenters. The van der Waals surface area contributed by atoms with Crippen LogP contribution in [0.15, 0.2) is 24.3 Å². The Labute approximate surface area is 113 Å². The van der Waals surface area contributed by atoms with E-state index in [2.05, 4.69) is 0 Å². The molecule has 0 amide bonds. The van der Waals surface area contributed by atoms with Crippen LogP contribution in [0.5, 0.6) is 5.75 Å². The molecule has 1 rings (SSSR count). The Balaban J connectivity index is 2.74. The molecular formula is C14H22O5. The van der Waals surface area contributed by atoms with E-state index in [4.69, 9.17) is 14.2 Å². The van der Waals surface area contributed by atoms with E-state index in [0.717, 1.165) is 0 Å².